The minimum atomic E-state index is -1.06. The van der Waals surface area contributed by atoms with E-state index < -0.39 is 11.2 Å². The molecule has 0 heterocycles. The van der Waals surface area contributed by atoms with Crippen molar-refractivity contribution in [3.05, 3.63) is 60.2 Å². The maximum Gasteiger partial charge on any atom is 0.158 e. The Labute approximate surface area is 92.9 Å². The van der Waals surface area contributed by atoms with Crippen molar-refractivity contribution in [2.45, 2.75) is 16.7 Å². The average Bonchev–Trinajstić information content (AvgIpc) is 2.30. The zero-order chi connectivity index (χ0) is 10.7. The van der Waals surface area contributed by atoms with Crippen LogP contribution in [0.4, 0.5) is 0 Å². The molecule has 2 aromatic carbocycles. The van der Waals surface area contributed by atoms with Crippen LogP contribution in [0.3, 0.4) is 0 Å². The van der Waals surface area contributed by atoms with Crippen LogP contribution < -0.4 is 0 Å². The monoisotopic (exact) mass is 216 g/mol. The third kappa shape index (κ3) is 2.41. The van der Waals surface area contributed by atoms with E-state index in [4.69, 9.17) is 0 Å². The van der Waals surface area contributed by atoms with Gasteiger partial charge < -0.3 is 4.55 Å². The van der Waals surface area contributed by atoms with E-state index in [9.17, 15) is 4.55 Å². The molecule has 0 aliphatic rings. The van der Waals surface area contributed by atoms with Gasteiger partial charge in [0.15, 0.2) is 9.79 Å². The van der Waals surface area contributed by atoms with Gasteiger partial charge in [-0.05, 0) is 31.2 Å². The second kappa shape index (κ2) is 4.51. The molecule has 1 atom stereocenters. The summed E-state index contributed by atoms with van der Waals surface area (Å²) in [5.41, 5.74) is 1.18. The molecule has 0 spiro atoms. The van der Waals surface area contributed by atoms with Crippen LogP contribution in [0.15, 0.2) is 64.4 Å². The van der Waals surface area contributed by atoms with Crippen molar-refractivity contribution in [3.8, 4) is 0 Å². The molecular formula is C13H12OS. The molecular weight excluding hydrogens is 204 g/mol. The predicted octanol–water partition coefficient (Wildman–Crippen LogP) is 3.16. The van der Waals surface area contributed by atoms with Gasteiger partial charge in [-0.3, -0.25) is 0 Å². The van der Waals surface area contributed by atoms with E-state index in [0.717, 1.165) is 9.79 Å². The van der Waals surface area contributed by atoms with E-state index >= 15 is 0 Å². The Morgan fingerprint density at radius 3 is 1.93 bits per heavy atom. The summed E-state index contributed by atoms with van der Waals surface area (Å²) < 4.78 is 12.1. The molecule has 0 fully saturated rings. The summed E-state index contributed by atoms with van der Waals surface area (Å²) in [5.74, 6) is 0. The zero-order valence-electron chi connectivity index (χ0n) is 8.51. The average molecular weight is 216 g/mol. The molecule has 0 unspecified atom stereocenters. The lowest BCUT2D eigenvalue weighted by Gasteiger charge is -2.09. The van der Waals surface area contributed by atoms with E-state index in [1.165, 1.54) is 5.56 Å². The lowest BCUT2D eigenvalue weighted by atomic mass is 10.2. The largest absolute Gasteiger partial charge is 0.606 e. The first-order valence-corrected chi connectivity index (χ1v) is 5.96. The minimum Gasteiger partial charge on any atom is -0.606 e. The Balaban J connectivity index is 2.29. The summed E-state index contributed by atoms with van der Waals surface area (Å²) in [4.78, 5) is 1.70. The second-order valence-corrected chi connectivity index (χ2v) is 4.88. The number of benzene rings is 2. The fraction of sp³-hybridized carbons (Fsp3) is 0.0769. The first kappa shape index (κ1) is 10.3. The highest BCUT2D eigenvalue weighted by molar-refractivity contribution is 7.91. The standard InChI is InChI=1S/C13H12OS/c1-11-7-9-13(10-8-11)15(14)12-5-3-2-4-6-12/h2-10H,1H3/t15-/m0/s1. The predicted molar refractivity (Wildman–Crippen MR) is 62.3 cm³/mol. The SMILES string of the molecule is Cc1ccc([S@@+]([O-])c2ccccc2)cc1. The second-order valence-electron chi connectivity index (χ2n) is 3.39. The van der Waals surface area contributed by atoms with E-state index in [0.29, 0.717) is 0 Å². The molecule has 0 aromatic heterocycles. The summed E-state index contributed by atoms with van der Waals surface area (Å²) in [5, 5.41) is 0. The summed E-state index contributed by atoms with van der Waals surface area (Å²) >= 11 is -1.06. The fourth-order valence-electron chi connectivity index (χ4n) is 1.34. The molecule has 0 aliphatic carbocycles. The molecule has 0 bridgehead atoms. The van der Waals surface area contributed by atoms with Gasteiger partial charge in [0.25, 0.3) is 0 Å². The molecule has 0 amide bonds. The van der Waals surface area contributed by atoms with Crippen LogP contribution >= 0.6 is 0 Å². The van der Waals surface area contributed by atoms with E-state index in [1.54, 1.807) is 0 Å². The summed E-state index contributed by atoms with van der Waals surface area (Å²) in [6, 6.07) is 17.3. The first-order chi connectivity index (χ1) is 7.27. The Morgan fingerprint density at radius 2 is 1.33 bits per heavy atom. The van der Waals surface area contributed by atoms with Crippen LogP contribution in [0.5, 0.6) is 0 Å². The number of rotatable bonds is 2. The van der Waals surface area contributed by atoms with Crippen LogP contribution in [-0.2, 0) is 11.2 Å². The number of aryl methyl sites for hydroxylation is 1. The summed E-state index contributed by atoms with van der Waals surface area (Å²) in [7, 11) is 0. The van der Waals surface area contributed by atoms with E-state index in [2.05, 4.69) is 0 Å². The molecule has 2 heteroatoms. The molecule has 0 aliphatic heterocycles. The van der Waals surface area contributed by atoms with Crippen molar-refractivity contribution in [2.75, 3.05) is 0 Å². The van der Waals surface area contributed by atoms with Crippen molar-refractivity contribution in [2.24, 2.45) is 0 Å². The lowest BCUT2D eigenvalue weighted by molar-refractivity contribution is 0.595. The summed E-state index contributed by atoms with van der Waals surface area (Å²) in [6.07, 6.45) is 0. The van der Waals surface area contributed by atoms with Gasteiger partial charge in [0.05, 0.1) is 0 Å². The molecule has 0 N–H and O–H groups in total. The Kier molecular flexibility index (Phi) is 3.09. The Hall–Kier alpha value is -1.25. The van der Waals surface area contributed by atoms with Crippen LogP contribution in [0, 0.1) is 6.92 Å². The van der Waals surface area contributed by atoms with Crippen LogP contribution in [0.1, 0.15) is 5.56 Å². The molecule has 0 radical (unpaired) electrons. The third-order valence-corrected chi connectivity index (χ3v) is 3.59. The molecule has 0 saturated carbocycles. The highest BCUT2D eigenvalue weighted by Gasteiger charge is 2.12. The van der Waals surface area contributed by atoms with Gasteiger partial charge in [-0.15, -0.1) is 0 Å². The normalized spacial score (nSPS) is 12.4. The first-order valence-electron chi connectivity index (χ1n) is 4.81. The molecule has 1 nitrogen and oxygen atoms in total. The van der Waals surface area contributed by atoms with Crippen molar-refractivity contribution in [1.29, 1.82) is 0 Å². The third-order valence-electron chi connectivity index (χ3n) is 2.19. The Morgan fingerprint density at radius 1 is 0.800 bits per heavy atom. The van der Waals surface area contributed by atoms with Crippen molar-refractivity contribution in [1.82, 2.24) is 0 Å². The van der Waals surface area contributed by atoms with E-state index in [-0.39, 0.29) is 0 Å². The van der Waals surface area contributed by atoms with Crippen LogP contribution in [-0.4, -0.2) is 4.55 Å². The topological polar surface area (TPSA) is 23.1 Å². The van der Waals surface area contributed by atoms with Gasteiger partial charge >= 0.3 is 0 Å². The number of hydrogen-bond acceptors (Lipinski definition) is 1. The van der Waals surface area contributed by atoms with E-state index in [1.807, 2.05) is 61.5 Å². The fourth-order valence-corrected chi connectivity index (χ4v) is 2.40. The Bertz CT molecular complexity index is 422. The smallest absolute Gasteiger partial charge is 0.158 e. The van der Waals surface area contributed by atoms with Gasteiger partial charge in [-0.25, -0.2) is 0 Å². The number of hydrogen-bond donors (Lipinski definition) is 0. The lowest BCUT2D eigenvalue weighted by Crippen LogP contribution is -2.01. The molecule has 0 saturated heterocycles. The van der Waals surface area contributed by atoms with Gasteiger partial charge in [0, 0.05) is 11.2 Å². The van der Waals surface area contributed by atoms with Gasteiger partial charge in [-0.2, -0.15) is 0 Å². The molecule has 15 heavy (non-hydrogen) atoms. The van der Waals surface area contributed by atoms with Crippen molar-refractivity contribution in [3.63, 3.8) is 0 Å². The van der Waals surface area contributed by atoms with Gasteiger partial charge in [-0.1, -0.05) is 35.9 Å². The quantitative estimate of drug-likeness (QED) is 0.707. The summed E-state index contributed by atoms with van der Waals surface area (Å²) in [6.45, 7) is 2.02. The van der Waals surface area contributed by atoms with Crippen molar-refractivity contribution < 1.29 is 4.55 Å². The van der Waals surface area contributed by atoms with Crippen molar-refractivity contribution >= 4 is 11.2 Å². The molecule has 2 aromatic rings. The maximum atomic E-state index is 12.1. The maximum absolute atomic E-state index is 12.1. The minimum absolute atomic E-state index is 0.848. The highest BCUT2D eigenvalue weighted by Crippen LogP contribution is 2.20. The van der Waals surface area contributed by atoms with Gasteiger partial charge in [0.2, 0.25) is 0 Å². The molecule has 2 rings (SSSR count). The van der Waals surface area contributed by atoms with Crippen LogP contribution in [0.2, 0.25) is 0 Å². The van der Waals surface area contributed by atoms with Gasteiger partial charge in [0.1, 0.15) is 0 Å². The van der Waals surface area contributed by atoms with Crippen LogP contribution in [0.25, 0.3) is 0 Å². The zero-order valence-corrected chi connectivity index (χ0v) is 9.33. The molecule has 76 valence electrons. The highest BCUT2D eigenvalue weighted by atomic mass is 32.2.